The molecule has 0 aliphatic heterocycles. The van der Waals surface area contributed by atoms with Crippen molar-refractivity contribution in [1.29, 1.82) is 0 Å². The van der Waals surface area contributed by atoms with E-state index in [9.17, 15) is 0 Å². The third-order valence-electron chi connectivity index (χ3n) is 10.2. The number of furan rings is 2. The minimum absolute atomic E-state index is 0.0797. The average Bonchev–Trinajstić information content (AvgIpc) is 3.85. The van der Waals surface area contributed by atoms with E-state index in [0.717, 1.165) is 60.9 Å². The third kappa shape index (κ3) is 3.16. The highest BCUT2D eigenvalue weighted by molar-refractivity contribution is 6.17. The summed E-state index contributed by atoms with van der Waals surface area (Å²) in [6.07, 6.45) is 4.93. The van der Waals surface area contributed by atoms with E-state index in [4.69, 9.17) is 8.83 Å². The van der Waals surface area contributed by atoms with Gasteiger partial charge in [-0.05, 0) is 83.6 Å². The minimum atomic E-state index is 0.0797. The maximum atomic E-state index is 6.40. The zero-order valence-corrected chi connectivity index (χ0v) is 24.2. The SMILES string of the molecule is c1ccc2c(c1)-c1ccc(N(c3cccc4oc5ccccc5c34)c3cccc4oc5ccccc5c34)cc1C21CCCC1. The zero-order chi connectivity index (χ0) is 28.8. The molecule has 3 nitrogen and oxygen atoms in total. The molecule has 6 aromatic carbocycles. The van der Waals surface area contributed by atoms with E-state index in [0.29, 0.717) is 0 Å². The van der Waals surface area contributed by atoms with Gasteiger partial charge in [-0.25, -0.2) is 0 Å². The Labute approximate surface area is 254 Å². The maximum Gasteiger partial charge on any atom is 0.137 e. The molecule has 2 aliphatic carbocycles. The molecular formula is C41H29NO2. The Morgan fingerprint density at radius 1 is 0.477 bits per heavy atom. The summed E-state index contributed by atoms with van der Waals surface area (Å²) in [7, 11) is 0. The highest BCUT2D eigenvalue weighted by Gasteiger charge is 2.45. The lowest BCUT2D eigenvalue weighted by atomic mass is 9.76. The number of hydrogen-bond donors (Lipinski definition) is 0. The molecule has 2 aliphatic rings. The lowest BCUT2D eigenvalue weighted by Gasteiger charge is -2.30. The quantitative estimate of drug-likeness (QED) is 0.213. The van der Waals surface area contributed by atoms with Crippen molar-refractivity contribution in [3.8, 4) is 11.1 Å². The fraction of sp³-hybridized carbons (Fsp3) is 0.122. The van der Waals surface area contributed by atoms with Crippen LogP contribution in [0.15, 0.2) is 136 Å². The summed E-state index contributed by atoms with van der Waals surface area (Å²) in [4.78, 5) is 2.44. The van der Waals surface area contributed by atoms with Crippen molar-refractivity contribution in [3.63, 3.8) is 0 Å². The maximum absolute atomic E-state index is 6.40. The molecule has 1 saturated carbocycles. The molecule has 210 valence electrons. The van der Waals surface area contributed by atoms with E-state index in [2.05, 4.69) is 120 Å². The number of rotatable bonds is 3. The van der Waals surface area contributed by atoms with E-state index >= 15 is 0 Å². The van der Waals surface area contributed by atoms with Gasteiger partial charge in [0.25, 0.3) is 0 Å². The van der Waals surface area contributed by atoms with Gasteiger partial charge in [-0.15, -0.1) is 0 Å². The summed E-state index contributed by atoms with van der Waals surface area (Å²) >= 11 is 0. The predicted molar refractivity (Wildman–Crippen MR) is 180 cm³/mol. The Morgan fingerprint density at radius 2 is 1.02 bits per heavy atom. The Balaban J connectivity index is 1.31. The van der Waals surface area contributed by atoms with Gasteiger partial charge in [0.05, 0.1) is 22.1 Å². The van der Waals surface area contributed by atoms with E-state index in [1.54, 1.807) is 0 Å². The predicted octanol–water partition coefficient (Wildman–Crippen LogP) is 11.8. The largest absolute Gasteiger partial charge is 0.456 e. The molecule has 3 heteroatoms. The summed E-state index contributed by atoms with van der Waals surface area (Å²) < 4.78 is 12.8. The van der Waals surface area contributed by atoms with Gasteiger partial charge in [0.1, 0.15) is 22.3 Å². The van der Waals surface area contributed by atoms with Crippen molar-refractivity contribution < 1.29 is 8.83 Å². The van der Waals surface area contributed by atoms with Crippen LogP contribution in [0.5, 0.6) is 0 Å². The molecule has 2 heterocycles. The smallest absolute Gasteiger partial charge is 0.137 e. The van der Waals surface area contributed by atoms with Crippen molar-refractivity contribution >= 4 is 60.9 Å². The molecule has 0 amide bonds. The topological polar surface area (TPSA) is 29.5 Å². The first-order valence-corrected chi connectivity index (χ1v) is 15.7. The summed E-state index contributed by atoms with van der Waals surface area (Å²) in [6, 6.07) is 45.8. The summed E-state index contributed by atoms with van der Waals surface area (Å²) in [5, 5.41) is 4.47. The standard InChI is InChI=1S/C41H29NO2/c1-4-14-31-27(11-1)28-22-21-26(25-32(28)41(31)23-7-8-24-41)42(33-15-9-19-37-39(33)29-12-2-5-17-35(29)43-37)34-16-10-20-38-40(34)30-13-3-6-18-36(30)44-38/h1-6,9-22,25H,7-8,23-24H2. The Hall–Kier alpha value is -5.28. The van der Waals surface area contributed by atoms with Crippen LogP contribution in [0.1, 0.15) is 36.8 Å². The number of fused-ring (bicyclic) bond motifs is 11. The number of hydrogen-bond acceptors (Lipinski definition) is 3. The first-order valence-electron chi connectivity index (χ1n) is 15.7. The molecule has 0 N–H and O–H groups in total. The fourth-order valence-corrected chi connectivity index (χ4v) is 8.39. The Morgan fingerprint density at radius 3 is 1.68 bits per heavy atom. The lowest BCUT2D eigenvalue weighted by molar-refractivity contribution is 0.550. The Kier molecular flexibility index (Phi) is 4.88. The molecule has 44 heavy (non-hydrogen) atoms. The molecule has 0 saturated heterocycles. The second kappa shape index (κ2) is 8.87. The Bertz CT molecular complexity index is 2310. The van der Waals surface area contributed by atoms with Crippen LogP contribution >= 0.6 is 0 Å². The van der Waals surface area contributed by atoms with Gasteiger partial charge in [-0.3, -0.25) is 0 Å². The second-order valence-electron chi connectivity index (χ2n) is 12.4. The monoisotopic (exact) mass is 567 g/mol. The average molecular weight is 568 g/mol. The first kappa shape index (κ1) is 24.2. The van der Waals surface area contributed by atoms with Gasteiger partial charge in [0.15, 0.2) is 0 Å². The number of anilines is 3. The summed E-state index contributed by atoms with van der Waals surface area (Å²) in [6.45, 7) is 0. The van der Waals surface area contributed by atoms with E-state index in [1.807, 2.05) is 12.1 Å². The van der Waals surface area contributed by atoms with Gasteiger partial charge in [-0.1, -0.05) is 91.7 Å². The van der Waals surface area contributed by atoms with Crippen molar-refractivity contribution in [2.75, 3.05) is 4.90 Å². The van der Waals surface area contributed by atoms with Gasteiger partial charge in [0, 0.05) is 21.9 Å². The van der Waals surface area contributed by atoms with Crippen LogP contribution in [-0.2, 0) is 5.41 Å². The van der Waals surface area contributed by atoms with Crippen molar-refractivity contribution in [2.45, 2.75) is 31.1 Å². The number of benzene rings is 6. The highest BCUT2D eigenvalue weighted by Crippen LogP contribution is 2.58. The second-order valence-corrected chi connectivity index (χ2v) is 12.4. The molecular weight excluding hydrogens is 538 g/mol. The van der Waals surface area contributed by atoms with Crippen LogP contribution in [0.4, 0.5) is 17.1 Å². The number of para-hydroxylation sites is 2. The molecule has 1 spiro atoms. The molecule has 0 bridgehead atoms. The molecule has 1 fully saturated rings. The third-order valence-corrected chi connectivity index (χ3v) is 10.2. The fourth-order valence-electron chi connectivity index (χ4n) is 8.39. The van der Waals surface area contributed by atoms with Crippen LogP contribution in [0, 0.1) is 0 Å². The van der Waals surface area contributed by atoms with Crippen LogP contribution in [0.2, 0.25) is 0 Å². The molecule has 10 rings (SSSR count). The normalized spacial score (nSPS) is 15.1. The lowest BCUT2D eigenvalue weighted by Crippen LogP contribution is -2.21. The first-order chi connectivity index (χ1) is 21.8. The van der Waals surface area contributed by atoms with Gasteiger partial charge in [-0.2, -0.15) is 0 Å². The summed E-state index contributed by atoms with van der Waals surface area (Å²) in [5.74, 6) is 0. The molecule has 0 radical (unpaired) electrons. The van der Waals surface area contributed by atoms with Crippen molar-refractivity contribution in [2.24, 2.45) is 0 Å². The van der Waals surface area contributed by atoms with Crippen molar-refractivity contribution in [1.82, 2.24) is 0 Å². The van der Waals surface area contributed by atoms with E-state index < -0.39 is 0 Å². The molecule has 0 unspecified atom stereocenters. The van der Waals surface area contributed by atoms with E-state index in [-0.39, 0.29) is 5.41 Å². The minimum Gasteiger partial charge on any atom is -0.456 e. The molecule has 8 aromatic rings. The van der Waals surface area contributed by atoms with Crippen LogP contribution in [0.25, 0.3) is 55.0 Å². The van der Waals surface area contributed by atoms with Crippen LogP contribution < -0.4 is 4.90 Å². The zero-order valence-electron chi connectivity index (χ0n) is 24.2. The van der Waals surface area contributed by atoms with Crippen molar-refractivity contribution in [3.05, 3.63) is 139 Å². The highest BCUT2D eigenvalue weighted by atomic mass is 16.3. The van der Waals surface area contributed by atoms with Gasteiger partial charge in [0.2, 0.25) is 0 Å². The van der Waals surface area contributed by atoms with E-state index in [1.165, 1.54) is 47.9 Å². The number of nitrogens with zero attached hydrogens (tertiary/aromatic N) is 1. The molecule has 0 atom stereocenters. The van der Waals surface area contributed by atoms with Crippen LogP contribution in [-0.4, -0.2) is 0 Å². The molecule has 2 aromatic heterocycles. The van der Waals surface area contributed by atoms with Gasteiger partial charge >= 0.3 is 0 Å². The van der Waals surface area contributed by atoms with Crippen LogP contribution in [0.3, 0.4) is 0 Å². The summed E-state index contributed by atoms with van der Waals surface area (Å²) in [5.41, 5.74) is 12.7. The van der Waals surface area contributed by atoms with Gasteiger partial charge < -0.3 is 13.7 Å².